The number of para-hydroxylation sites is 1. The molecule has 0 aliphatic rings. The van der Waals surface area contributed by atoms with E-state index in [0.717, 1.165) is 22.0 Å². The van der Waals surface area contributed by atoms with Crippen LogP contribution >= 0.6 is 23.4 Å². The van der Waals surface area contributed by atoms with E-state index in [1.165, 1.54) is 11.8 Å². The average molecular weight is 385 g/mol. The standard InChI is InChI=1S/C19H17ClN4OS/c1-12-6-5-7-14(20)19(12)24-17(25)11-26-18-10-16(22-13(2)23-18)15-8-3-4-9-21-15/h3-10H,11H2,1-2H3,(H,24,25). The highest BCUT2D eigenvalue weighted by Gasteiger charge is 2.11. The van der Waals surface area contributed by atoms with Gasteiger partial charge in [0.25, 0.3) is 0 Å². The Kier molecular flexibility index (Phi) is 5.85. The van der Waals surface area contributed by atoms with Crippen molar-refractivity contribution in [2.24, 2.45) is 0 Å². The van der Waals surface area contributed by atoms with Gasteiger partial charge in [-0.15, -0.1) is 0 Å². The molecule has 0 spiro atoms. The maximum absolute atomic E-state index is 12.3. The Labute approximate surface area is 161 Å². The van der Waals surface area contributed by atoms with Crippen molar-refractivity contribution in [3.05, 3.63) is 65.1 Å². The molecule has 0 atom stereocenters. The fourth-order valence-corrected chi connectivity index (χ4v) is 3.38. The summed E-state index contributed by atoms with van der Waals surface area (Å²) in [5, 5.41) is 4.11. The number of halogens is 1. The quantitative estimate of drug-likeness (QED) is 0.516. The first-order chi connectivity index (χ1) is 12.5. The maximum atomic E-state index is 12.3. The van der Waals surface area contributed by atoms with Crippen molar-refractivity contribution in [2.45, 2.75) is 18.9 Å². The third-order valence-corrected chi connectivity index (χ3v) is 4.81. The van der Waals surface area contributed by atoms with Crippen molar-refractivity contribution in [3.63, 3.8) is 0 Å². The summed E-state index contributed by atoms with van der Waals surface area (Å²) in [6.07, 6.45) is 1.72. The molecular weight excluding hydrogens is 368 g/mol. The molecule has 0 saturated carbocycles. The van der Waals surface area contributed by atoms with Crippen LogP contribution in [0.5, 0.6) is 0 Å². The second kappa shape index (κ2) is 8.29. The fourth-order valence-electron chi connectivity index (χ4n) is 2.36. The average Bonchev–Trinajstić information content (AvgIpc) is 2.63. The van der Waals surface area contributed by atoms with E-state index in [2.05, 4.69) is 20.3 Å². The van der Waals surface area contributed by atoms with Gasteiger partial charge in [0.15, 0.2) is 0 Å². The van der Waals surface area contributed by atoms with Gasteiger partial charge < -0.3 is 5.32 Å². The molecule has 2 heterocycles. The largest absolute Gasteiger partial charge is 0.324 e. The SMILES string of the molecule is Cc1nc(SCC(=O)Nc2c(C)cccc2Cl)cc(-c2ccccn2)n1. The van der Waals surface area contributed by atoms with Gasteiger partial charge in [0, 0.05) is 6.20 Å². The summed E-state index contributed by atoms with van der Waals surface area (Å²) >= 11 is 7.50. The van der Waals surface area contributed by atoms with Crippen LogP contribution in [-0.2, 0) is 4.79 Å². The molecule has 0 aliphatic carbocycles. The topological polar surface area (TPSA) is 67.8 Å². The van der Waals surface area contributed by atoms with Crippen molar-refractivity contribution in [1.29, 1.82) is 0 Å². The van der Waals surface area contributed by atoms with Crippen molar-refractivity contribution < 1.29 is 4.79 Å². The molecule has 0 saturated heterocycles. The summed E-state index contributed by atoms with van der Waals surface area (Å²) in [7, 11) is 0. The lowest BCUT2D eigenvalue weighted by Gasteiger charge is -2.10. The van der Waals surface area contributed by atoms with Crippen molar-refractivity contribution in [3.8, 4) is 11.4 Å². The van der Waals surface area contributed by atoms with Gasteiger partial charge in [0.05, 0.1) is 27.9 Å². The lowest BCUT2D eigenvalue weighted by molar-refractivity contribution is -0.113. The number of hydrogen-bond acceptors (Lipinski definition) is 5. The molecule has 0 unspecified atom stereocenters. The Morgan fingerprint density at radius 1 is 1.12 bits per heavy atom. The molecule has 3 aromatic rings. The Balaban J connectivity index is 1.70. The molecular formula is C19H17ClN4OS. The molecule has 5 nitrogen and oxygen atoms in total. The molecule has 0 bridgehead atoms. The van der Waals surface area contributed by atoms with Crippen LogP contribution in [0.4, 0.5) is 5.69 Å². The normalized spacial score (nSPS) is 10.6. The number of hydrogen-bond donors (Lipinski definition) is 1. The Hall–Kier alpha value is -2.44. The van der Waals surface area contributed by atoms with Gasteiger partial charge in [-0.25, -0.2) is 9.97 Å². The van der Waals surface area contributed by atoms with Gasteiger partial charge >= 0.3 is 0 Å². The first kappa shape index (κ1) is 18.4. The molecule has 132 valence electrons. The van der Waals surface area contributed by atoms with Crippen LogP contribution in [0.2, 0.25) is 5.02 Å². The first-order valence-electron chi connectivity index (χ1n) is 7.98. The predicted octanol–water partition coefficient (Wildman–Crippen LogP) is 4.54. The highest BCUT2D eigenvalue weighted by molar-refractivity contribution is 7.99. The fraction of sp³-hybridized carbons (Fsp3) is 0.158. The molecule has 0 radical (unpaired) electrons. The molecule has 3 rings (SSSR count). The van der Waals surface area contributed by atoms with Gasteiger partial charge in [-0.05, 0) is 43.7 Å². The minimum Gasteiger partial charge on any atom is -0.324 e. The lowest BCUT2D eigenvalue weighted by atomic mass is 10.2. The zero-order valence-electron chi connectivity index (χ0n) is 14.4. The van der Waals surface area contributed by atoms with E-state index in [4.69, 9.17) is 11.6 Å². The number of benzene rings is 1. The van der Waals surface area contributed by atoms with Crippen LogP contribution in [0.1, 0.15) is 11.4 Å². The smallest absolute Gasteiger partial charge is 0.234 e. The maximum Gasteiger partial charge on any atom is 0.234 e. The molecule has 2 aromatic heterocycles. The minimum absolute atomic E-state index is 0.137. The van der Waals surface area contributed by atoms with Crippen molar-refractivity contribution in [2.75, 3.05) is 11.1 Å². The summed E-state index contributed by atoms with van der Waals surface area (Å²) in [5.41, 5.74) is 3.08. The lowest BCUT2D eigenvalue weighted by Crippen LogP contribution is -2.15. The van der Waals surface area contributed by atoms with Gasteiger partial charge in [-0.3, -0.25) is 9.78 Å². The Bertz CT molecular complexity index is 914. The molecule has 0 fully saturated rings. The summed E-state index contributed by atoms with van der Waals surface area (Å²) < 4.78 is 0. The molecule has 26 heavy (non-hydrogen) atoms. The predicted molar refractivity (Wildman–Crippen MR) is 106 cm³/mol. The van der Waals surface area contributed by atoms with E-state index >= 15 is 0 Å². The van der Waals surface area contributed by atoms with Crippen LogP contribution in [0.3, 0.4) is 0 Å². The number of aryl methyl sites for hydroxylation is 2. The van der Waals surface area contributed by atoms with Crippen LogP contribution in [0.15, 0.2) is 53.7 Å². The minimum atomic E-state index is -0.137. The van der Waals surface area contributed by atoms with E-state index in [1.54, 1.807) is 12.3 Å². The molecule has 1 amide bonds. The van der Waals surface area contributed by atoms with Crippen LogP contribution in [0, 0.1) is 13.8 Å². The first-order valence-corrected chi connectivity index (χ1v) is 9.34. The van der Waals surface area contributed by atoms with Crippen LogP contribution < -0.4 is 5.32 Å². The summed E-state index contributed by atoms with van der Waals surface area (Å²) in [4.78, 5) is 25.4. The summed E-state index contributed by atoms with van der Waals surface area (Å²) in [6.45, 7) is 3.73. The number of amides is 1. The van der Waals surface area contributed by atoms with Gasteiger partial charge in [0.1, 0.15) is 10.9 Å². The Morgan fingerprint density at radius 2 is 1.96 bits per heavy atom. The number of rotatable bonds is 5. The van der Waals surface area contributed by atoms with Crippen LogP contribution in [0.25, 0.3) is 11.4 Å². The number of carbonyl (C=O) groups excluding carboxylic acids is 1. The van der Waals surface area contributed by atoms with Crippen molar-refractivity contribution in [1.82, 2.24) is 15.0 Å². The number of nitrogens with zero attached hydrogens (tertiary/aromatic N) is 3. The number of thioether (sulfide) groups is 1. The number of nitrogens with one attached hydrogen (secondary N) is 1. The second-order valence-corrected chi connectivity index (χ2v) is 7.03. The van der Waals surface area contributed by atoms with Gasteiger partial charge in [-0.1, -0.05) is 41.6 Å². The highest BCUT2D eigenvalue weighted by Crippen LogP contribution is 2.26. The number of carbonyl (C=O) groups is 1. The van der Waals surface area contributed by atoms with Gasteiger partial charge in [0.2, 0.25) is 5.91 Å². The molecule has 1 N–H and O–H groups in total. The summed E-state index contributed by atoms with van der Waals surface area (Å²) in [5.74, 6) is 0.725. The highest BCUT2D eigenvalue weighted by atomic mass is 35.5. The van der Waals surface area contributed by atoms with Crippen molar-refractivity contribution >= 4 is 35.0 Å². The van der Waals surface area contributed by atoms with Crippen LogP contribution in [-0.4, -0.2) is 26.6 Å². The van der Waals surface area contributed by atoms with E-state index in [-0.39, 0.29) is 11.7 Å². The number of aromatic nitrogens is 3. The summed E-state index contributed by atoms with van der Waals surface area (Å²) in [6, 6.07) is 13.0. The number of pyridine rings is 1. The molecule has 7 heteroatoms. The van der Waals surface area contributed by atoms with E-state index in [9.17, 15) is 4.79 Å². The monoisotopic (exact) mass is 384 g/mol. The second-order valence-electron chi connectivity index (χ2n) is 5.62. The van der Waals surface area contributed by atoms with E-state index in [1.807, 2.05) is 50.2 Å². The van der Waals surface area contributed by atoms with E-state index in [0.29, 0.717) is 16.5 Å². The number of anilines is 1. The third kappa shape index (κ3) is 4.59. The zero-order chi connectivity index (χ0) is 18.5. The molecule has 1 aromatic carbocycles. The zero-order valence-corrected chi connectivity index (χ0v) is 15.9. The van der Waals surface area contributed by atoms with Gasteiger partial charge in [-0.2, -0.15) is 0 Å². The van der Waals surface area contributed by atoms with E-state index < -0.39 is 0 Å². The molecule has 0 aliphatic heterocycles. The Morgan fingerprint density at radius 3 is 2.69 bits per heavy atom. The third-order valence-electron chi connectivity index (χ3n) is 3.58.